The molecule has 1 fully saturated rings. The van der Waals surface area contributed by atoms with Gasteiger partial charge in [0.2, 0.25) is 5.91 Å². The van der Waals surface area contributed by atoms with E-state index in [-0.39, 0.29) is 11.9 Å². The highest BCUT2D eigenvalue weighted by Gasteiger charge is 2.29. The van der Waals surface area contributed by atoms with E-state index in [1.807, 2.05) is 54.3 Å². The zero-order valence-electron chi connectivity index (χ0n) is 13.4. The number of hydrogen-bond donors (Lipinski definition) is 1. The maximum absolute atomic E-state index is 12.8. The minimum absolute atomic E-state index is 0.0785. The van der Waals surface area contributed by atoms with Crippen LogP contribution in [0.3, 0.4) is 0 Å². The monoisotopic (exact) mass is 322 g/mol. The predicted octanol–water partition coefficient (Wildman–Crippen LogP) is 2.04. The average molecular weight is 322 g/mol. The van der Waals surface area contributed by atoms with Crippen LogP contribution < -0.4 is 10.2 Å². The number of fused-ring (bicyclic) bond motifs is 1. The van der Waals surface area contributed by atoms with Crippen molar-refractivity contribution in [2.45, 2.75) is 25.8 Å². The van der Waals surface area contributed by atoms with Crippen molar-refractivity contribution >= 4 is 23.1 Å². The Morgan fingerprint density at radius 1 is 1.12 bits per heavy atom. The van der Waals surface area contributed by atoms with Crippen molar-refractivity contribution in [3.8, 4) is 0 Å². The number of aryl methyl sites for hydroxylation is 1. The number of anilines is 2. The van der Waals surface area contributed by atoms with Crippen LogP contribution in [0.15, 0.2) is 42.5 Å². The maximum Gasteiger partial charge on any atom is 0.249 e. The number of hydrogen-bond acceptors (Lipinski definition) is 5. The molecule has 1 N–H and O–H groups in total. The summed E-state index contributed by atoms with van der Waals surface area (Å²) in [6.07, 6.45) is 1.75. The van der Waals surface area contributed by atoms with E-state index in [0.717, 1.165) is 30.9 Å². The standard InChI is InChI=1S/C17H18N6O/c1-12-19-20-16-10-9-15(21-23(12)16)18-14-8-5-11-22(17(14)24)13-6-3-2-4-7-13/h2-4,6-7,9-10,14H,5,8,11H2,1H3,(H,18,21)/t14-/m1/s1. The van der Waals surface area contributed by atoms with Crippen LogP contribution in [-0.4, -0.2) is 38.3 Å². The fraction of sp³-hybridized carbons (Fsp3) is 0.294. The molecule has 1 amide bonds. The van der Waals surface area contributed by atoms with Crippen LogP contribution in [0.5, 0.6) is 0 Å². The van der Waals surface area contributed by atoms with Gasteiger partial charge in [0.1, 0.15) is 11.9 Å². The number of nitrogens with one attached hydrogen (secondary N) is 1. The van der Waals surface area contributed by atoms with Gasteiger partial charge in [0.15, 0.2) is 11.5 Å². The van der Waals surface area contributed by atoms with Gasteiger partial charge in [-0.2, -0.15) is 4.52 Å². The molecule has 3 aromatic rings. The zero-order valence-corrected chi connectivity index (χ0v) is 13.4. The molecule has 4 rings (SSSR count). The molecule has 0 saturated carbocycles. The molecular formula is C17H18N6O. The van der Waals surface area contributed by atoms with E-state index in [2.05, 4.69) is 20.6 Å². The van der Waals surface area contributed by atoms with E-state index in [0.29, 0.717) is 11.5 Å². The number of piperidine rings is 1. The summed E-state index contributed by atoms with van der Waals surface area (Å²) in [6, 6.07) is 13.2. The third kappa shape index (κ3) is 2.58. The van der Waals surface area contributed by atoms with Gasteiger partial charge in [-0.05, 0) is 44.0 Å². The summed E-state index contributed by atoms with van der Waals surface area (Å²) >= 11 is 0. The van der Waals surface area contributed by atoms with E-state index in [9.17, 15) is 4.79 Å². The molecule has 0 spiro atoms. The van der Waals surface area contributed by atoms with Crippen molar-refractivity contribution in [1.82, 2.24) is 19.8 Å². The van der Waals surface area contributed by atoms with Gasteiger partial charge in [-0.25, -0.2) is 0 Å². The first-order valence-corrected chi connectivity index (χ1v) is 8.04. The smallest absolute Gasteiger partial charge is 0.249 e. The van der Waals surface area contributed by atoms with Gasteiger partial charge in [-0.1, -0.05) is 18.2 Å². The van der Waals surface area contributed by atoms with Gasteiger partial charge in [-0.3, -0.25) is 4.79 Å². The molecule has 7 heteroatoms. The summed E-state index contributed by atoms with van der Waals surface area (Å²) in [5.74, 6) is 1.45. The molecule has 0 aliphatic carbocycles. The van der Waals surface area contributed by atoms with Gasteiger partial charge in [-0.15, -0.1) is 15.3 Å². The van der Waals surface area contributed by atoms with Gasteiger partial charge in [0.25, 0.3) is 0 Å². The lowest BCUT2D eigenvalue weighted by atomic mass is 10.0. The van der Waals surface area contributed by atoms with Gasteiger partial charge in [0, 0.05) is 12.2 Å². The second-order valence-corrected chi connectivity index (χ2v) is 5.90. The van der Waals surface area contributed by atoms with E-state index < -0.39 is 0 Å². The summed E-state index contributed by atoms with van der Waals surface area (Å²) in [5, 5.41) is 15.7. The molecule has 1 atom stereocenters. The molecule has 122 valence electrons. The number of rotatable bonds is 3. The summed E-state index contributed by atoms with van der Waals surface area (Å²) in [4.78, 5) is 14.7. The average Bonchev–Trinajstić information content (AvgIpc) is 2.98. The zero-order chi connectivity index (χ0) is 16.5. The van der Waals surface area contributed by atoms with Crippen LogP contribution in [0, 0.1) is 6.92 Å². The number of benzene rings is 1. The van der Waals surface area contributed by atoms with Crippen molar-refractivity contribution < 1.29 is 4.79 Å². The van der Waals surface area contributed by atoms with E-state index in [1.54, 1.807) is 4.52 Å². The van der Waals surface area contributed by atoms with Crippen molar-refractivity contribution in [1.29, 1.82) is 0 Å². The van der Waals surface area contributed by atoms with Crippen molar-refractivity contribution in [3.05, 3.63) is 48.3 Å². The molecule has 1 saturated heterocycles. The highest BCUT2D eigenvalue weighted by Crippen LogP contribution is 2.22. The van der Waals surface area contributed by atoms with Crippen LogP contribution in [-0.2, 0) is 4.79 Å². The Morgan fingerprint density at radius 3 is 2.79 bits per heavy atom. The molecule has 3 heterocycles. The molecule has 7 nitrogen and oxygen atoms in total. The van der Waals surface area contributed by atoms with Crippen LogP contribution in [0.1, 0.15) is 18.7 Å². The second kappa shape index (κ2) is 5.92. The Labute approximate surface area is 139 Å². The Bertz CT molecular complexity index is 875. The first-order chi connectivity index (χ1) is 11.7. The Hall–Kier alpha value is -2.96. The van der Waals surface area contributed by atoms with E-state index >= 15 is 0 Å². The number of aromatic nitrogens is 4. The third-order valence-corrected chi connectivity index (χ3v) is 4.25. The highest BCUT2D eigenvalue weighted by molar-refractivity contribution is 5.99. The molecule has 0 radical (unpaired) electrons. The summed E-state index contributed by atoms with van der Waals surface area (Å²) in [5.41, 5.74) is 1.63. The molecule has 0 bridgehead atoms. The Morgan fingerprint density at radius 2 is 1.96 bits per heavy atom. The normalized spacial score (nSPS) is 18.1. The minimum atomic E-state index is -0.277. The number of para-hydroxylation sites is 1. The lowest BCUT2D eigenvalue weighted by molar-refractivity contribution is -0.120. The largest absolute Gasteiger partial charge is 0.357 e. The summed E-state index contributed by atoms with van der Waals surface area (Å²) in [7, 11) is 0. The quantitative estimate of drug-likeness (QED) is 0.798. The first-order valence-electron chi connectivity index (χ1n) is 8.04. The Balaban J connectivity index is 1.56. The van der Waals surface area contributed by atoms with Crippen LogP contribution in [0.2, 0.25) is 0 Å². The van der Waals surface area contributed by atoms with E-state index in [4.69, 9.17) is 0 Å². The summed E-state index contributed by atoms with van der Waals surface area (Å²) < 4.78 is 1.67. The van der Waals surface area contributed by atoms with Crippen molar-refractivity contribution in [3.63, 3.8) is 0 Å². The van der Waals surface area contributed by atoms with Crippen LogP contribution >= 0.6 is 0 Å². The number of carbonyl (C=O) groups excluding carboxylic acids is 1. The maximum atomic E-state index is 12.8. The van der Waals surface area contributed by atoms with Gasteiger partial charge < -0.3 is 10.2 Å². The second-order valence-electron chi connectivity index (χ2n) is 5.90. The molecule has 1 aliphatic rings. The Kier molecular flexibility index (Phi) is 3.60. The summed E-state index contributed by atoms with van der Waals surface area (Å²) in [6.45, 7) is 2.59. The minimum Gasteiger partial charge on any atom is -0.357 e. The molecular weight excluding hydrogens is 304 g/mol. The number of amides is 1. The number of carbonyl (C=O) groups is 1. The van der Waals surface area contributed by atoms with Crippen LogP contribution in [0.25, 0.3) is 5.65 Å². The third-order valence-electron chi connectivity index (χ3n) is 4.25. The van der Waals surface area contributed by atoms with Gasteiger partial charge in [0.05, 0.1) is 0 Å². The molecule has 0 unspecified atom stereocenters. The topological polar surface area (TPSA) is 75.4 Å². The van der Waals surface area contributed by atoms with Crippen molar-refractivity contribution in [2.24, 2.45) is 0 Å². The SMILES string of the molecule is Cc1nnc2ccc(N[C@@H]3CCCN(c4ccccc4)C3=O)nn12. The number of nitrogens with zero attached hydrogens (tertiary/aromatic N) is 5. The lowest BCUT2D eigenvalue weighted by Crippen LogP contribution is -2.47. The predicted molar refractivity (Wildman–Crippen MR) is 91.0 cm³/mol. The van der Waals surface area contributed by atoms with Crippen molar-refractivity contribution in [2.75, 3.05) is 16.8 Å². The van der Waals surface area contributed by atoms with Crippen LogP contribution in [0.4, 0.5) is 11.5 Å². The van der Waals surface area contributed by atoms with E-state index in [1.165, 1.54) is 0 Å². The lowest BCUT2D eigenvalue weighted by Gasteiger charge is -2.32. The highest BCUT2D eigenvalue weighted by atomic mass is 16.2. The molecule has 1 aromatic carbocycles. The molecule has 1 aliphatic heterocycles. The first kappa shape index (κ1) is 14.6. The van der Waals surface area contributed by atoms with Gasteiger partial charge >= 0.3 is 0 Å². The molecule has 2 aromatic heterocycles. The fourth-order valence-electron chi connectivity index (χ4n) is 3.03. The molecule has 24 heavy (non-hydrogen) atoms. The fourth-order valence-corrected chi connectivity index (χ4v) is 3.03.